The lowest BCUT2D eigenvalue weighted by molar-refractivity contribution is -0.104. The number of allylic oxidation sites excluding steroid dienone is 3. The highest BCUT2D eigenvalue weighted by Crippen LogP contribution is 2.25. The monoisotopic (exact) mass is 332 g/mol. The van der Waals surface area contributed by atoms with Gasteiger partial charge in [0.05, 0.1) is 11.3 Å². The molecule has 4 nitrogen and oxygen atoms in total. The molecule has 0 aromatic heterocycles. The quantitative estimate of drug-likeness (QED) is 0.439. The summed E-state index contributed by atoms with van der Waals surface area (Å²) in [6.07, 6.45) is -3.61. The van der Waals surface area contributed by atoms with Crippen molar-refractivity contribution in [1.29, 1.82) is 0 Å². The lowest BCUT2D eigenvalue weighted by Crippen LogP contribution is -2.11. The van der Waals surface area contributed by atoms with Gasteiger partial charge in [-0.3, -0.25) is 4.79 Å². The Morgan fingerprint density at radius 2 is 1.91 bits per heavy atom. The largest absolute Gasteiger partial charge is 0.415 e. The zero-order valence-corrected chi connectivity index (χ0v) is 13.4. The summed E-state index contributed by atoms with van der Waals surface area (Å²) in [5.41, 5.74) is 5.40. The maximum absolute atomic E-state index is 12.3. The number of carbonyl (C=O) groups is 1. The van der Waals surface area contributed by atoms with Crippen LogP contribution >= 0.6 is 0 Å². The molecule has 0 radical (unpaired) electrons. The molecular formula is C16H23F3N2O2. The van der Waals surface area contributed by atoms with E-state index in [1.807, 2.05) is 13.8 Å². The average molecular weight is 332 g/mol. The number of aliphatic hydroxyl groups is 1. The lowest BCUT2D eigenvalue weighted by atomic mass is 10.2. The van der Waals surface area contributed by atoms with Gasteiger partial charge < -0.3 is 16.2 Å². The minimum atomic E-state index is -4.56. The third-order valence-corrected chi connectivity index (χ3v) is 2.27. The van der Waals surface area contributed by atoms with Gasteiger partial charge in [0.2, 0.25) is 0 Å². The second-order valence-electron chi connectivity index (χ2n) is 3.77. The lowest BCUT2D eigenvalue weighted by Gasteiger charge is -2.09. The van der Waals surface area contributed by atoms with Crippen LogP contribution in [0.2, 0.25) is 0 Å². The highest BCUT2D eigenvalue weighted by atomic mass is 19.4. The number of rotatable bonds is 5. The Morgan fingerprint density at radius 1 is 1.35 bits per heavy atom. The summed E-state index contributed by atoms with van der Waals surface area (Å²) in [5, 5.41) is 9.58. The van der Waals surface area contributed by atoms with Gasteiger partial charge in [0.25, 0.3) is 0 Å². The Hall–Kier alpha value is -2.12. The van der Waals surface area contributed by atoms with E-state index in [2.05, 4.69) is 11.9 Å². The Labute approximate surface area is 134 Å². The molecule has 0 spiro atoms. The zero-order valence-electron chi connectivity index (χ0n) is 13.4. The van der Waals surface area contributed by atoms with Crippen molar-refractivity contribution in [2.24, 2.45) is 5.73 Å². The summed E-state index contributed by atoms with van der Waals surface area (Å²) in [6, 6.07) is 6.72. The number of hydrogen-bond acceptors (Lipinski definition) is 4. The van der Waals surface area contributed by atoms with Crippen LogP contribution in [0.3, 0.4) is 0 Å². The number of nitrogens with one attached hydrogen (secondary N) is 1. The fraction of sp³-hybridized carbons (Fsp3) is 0.312. The van der Waals surface area contributed by atoms with Gasteiger partial charge in [0.15, 0.2) is 6.29 Å². The molecule has 4 N–H and O–H groups in total. The van der Waals surface area contributed by atoms with Crippen molar-refractivity contribution in [1.82, 2.24) is 0 Å². The van der Waals surface area contributed by atoms with Crippen molar-refractivity contribution in [3.8, 4) is 0 Å². The van der Waals surface area contributed by atoms with E-state index >= 15 is 0 Å². The molecule has 0 bridgehead atoms. The molecule has 130 valence electrons. The Bertz CT molecular complexity index is 512. The summed E-state index contributed by atoms with van der Waals surface area (Å²) < 4.78 is 36.9. The van der Waals surface area contributed by atoms with E-state index < -0.39 is 11.7 Å². The van der Waals surface area contributed by atoms with E-state index in [4.69, 9.17) is 10.8 Å². The summed E-state index contributed by atoms with van der Waals surface area (Å²) in [4.78, 5) is 10.8. The SMILES string of the molecule is C=C(/C=C(/C=O)Nc1cccc(CN)c1)C(F)(F)F.CC.CO. The van der Waals surface area contributed by atoms with Crippen molar-refractivity contribution in [3.05, 3.63) is 53.8 Å². The molecule has 1 aromatic rings. The van der Waals surface area contributed by atoms with Crippen LogP contribution in [0.4, 0.5) is 18.9 Å². The standard InChI is InChI=1S/C13H13F3N2O.C2H6.CH4O/c1-9(13(14,15)16)5-12(8-19)18-11-4-2-3-10(6-11)7-17;2*1-2/h2-6,8,18H,1,7,17H2;1-2H3;2H,1H3/b12-5-;;. The van der Waals surface area contributed by atoms with Crippen molar-refractivity contribution in [3.63, 3.8) is 0 Å². The first kappa shape index (κ1) is 23.2. The predicted molar refractivity (Wildman–Crippen MR) is 86.8 cm³/mol. The van der Waals surface area contributed by atoms with Gasteiger partial charge in [-0.1, -0.05) is 32.6 Å². The molecule has 0 heterocycles. The zero-order chi connectivity index (χ0) is 18.5. The molecule has 7 heteroatoms. The number of aliphatic hydroxyl groups excluding tert-OH is 1. The normalized spacial score (nSPS) is 10.5. The van der Waals surface area contributed by atoms with E-state index in [1.165, 1.54) is 0 Å². The maximum Gasteiger partial charge on any atom is 0.415 e. The topological polar surface area (TPSA) is 75.4 Å². The number of aldehydes is 1. The Morgan fingerprint density at radius 3 is 2.35 bits per heavy atom. The molecule has 0 aliphatic rings. The third kappa shape index (κ3) is 9.49. The average Bonchev–Trinajstić information content (AvgIpc) is 2.57. The number of halogens is 3. The molecule has 0 saturated heterocycles. The van der Waals surface area contributed by atoms with E-state index in [-0.39, 0.29) is 5.70 Å². The number of benzene rings is 1. The number of hydrogen-bond donors (Lipinski definition) is 3. The van der Waals surface area contributed by atoms with Crippen LogP contribution in [0.5, 0.6) is 0 Å². The molecule has 0 amide bonds. The van der Waals surface area contributed by atoms with E-state index in [0.717, 1.165) is 12.7 Å². The van der Waals surface area contributed by atoms with Crippen LogP contribution in [0.15, 0.2) is 48.2 Å². The molecule has 0 aliphatic heterocycles. The van der Waals surface area contributed by atoms with Crippen LogP contribution in [0.1, 0.15) is 19.4 Å². The maximum atomic E-state index is 12.3. The molecular weight excluding hydrogens is 309 g/mol. The molecule has 0 aliphatic carbocycles. The van der Waals surface area contributed by atoms with Crippen LogP contribution in [0, 0.1) is 0 Å². The second kappa shape index (κ2) is 12.4. The smallest absolute Gasteiger partial charge is 0.400 e. The van der Waals surface area contributed by atoms with Crippen molar-refractivity contribution in [2.45, 2.75) is 26.6 Å². The first-order valence-electron chi connectivity index (χ1n) is 6.80. The fourth-order valence-corrected chi connectivity index (χ4v) is 1.31. The first-order chi connectivity index (χ1) is 10.9. The number of anilines is 1. The van der Waals surface area contributed by atoms with Crippen LogP contribution < -0.4 is 11.1 Å². The second-order valence-corrected chi connectivity index (χ2v) is 3.77. The van der Waals surface area contributed by atoms with Gasteiger partial charge in [-0.05, 0) is 23.8 Å². The summed E-state index contributed by atoms with van der Waals surface area (Å²) in [6.45, 7) is 7.17. The van der Waals surface area contributed by atoms with Crippen molar-refractivity contribution < 1.29 is 23.1 Å². The van der Waals surface area contributed by atoms with Gasteiger partial charge in [-0.2, -0.15) is 13.2 Å². The highest BCUT2D eigenvalue weighted by molar-refractivity contribution is 5.79. The number of alkyl halides is 3. The molecule has 1 rings (SSSR count). The van der Waals surface area contributed by atoms with Gasteiger partial charge in [-0.25, -0.2) is 0 Å². The fourth-order valence-electron chi connectivity index (χ4n) is 1.31. The van der Waals surface area contributed by atoms with Gasteiger partial charge >= 0.3 is 6.18 Å². The molecule has 0 saturated carbocycles. The summed E-state index contributed by atoms with van der Waals surface area (Å²) in [5.74, 6) is 0. The third-order valence-electron chi connectivity index (χ3n) is 2.27. The first-order valence-corrected chi connectivity index (χ1v) is 6.80. The molecule has 0 atom stereocenters. The molecule has 0 unspecified atom stereocenters. The Kier molecular flexibility index (Phi) is 12.5. The number of nitrogens with two attached hydrogens (primary N) is 1. The minimum Gasteiger partial charge on any atom is -0.400 e. The van der Waals surface area contributed by atoms with E-state index in [0.29, 0.717) is 24.6 Å². The highest BCUT2D eigenvalue weighted by Gasteiger charge is 2.30. The summed E-state index contributed by atoms with van der Waals surface area (Å²) in [7, 11) is 1.00. The van der Waals surface area contributed by atoms with Gasteiger partial charge in [-0.15, -0.1) is 0 Å². The summed E-state index contributed by atoms with van der Waals surface area (Å²) >= 11 is 0. The van der Waals surface area contributed by atoms with Crippen LogP contribution in [0.25, 0.3) is 0 Å². The predicted octanol–water partition coefficient (Wildman–Crippen LogP) is 3.39. The van der Waals surface area contributed by atoms with Crippen LogP contribution in [-0.4, -0.2) is 24.7 Å². The van der Waals surface area contributed by atoms with Crippen molar-refractivity contribution >= 4 is 12.0 Å². The van der Waals surface area contributed by atoms with Gasteiger partial charge in [0.1, 0.15) is 0 Å². The molecule has 23 heavy (non-hydrogen) atoms. The van der Waals surface area contributed by atoms with E-state index in [1.54, 1.807) is 24.3 Å². The molecule has 1 aromatic carbocycles. The minimum absolute atomic E-state index is 0.225. The van der Waals surface area contributed by atoms with Crippen molar-refractivity contribution in [2.75, 3.05) is 12.4 Å². The van der Waals surface area contributed by atoms with Gasteiger partial charge in [0, 0.05) is 19.3 Å². The van der Waals surface area contributed by atoms with E-state index in [9.17, 15) is 18.0 Å². The number of carbonyl (C=O) groups excluding carboxylic acids is 1. The van der Waals surface area contributed by atoms with Crippen LogP contribution in [-0.2, 0) is 11.3 Å². The Balaban J connectivity index is 0. The molecule has 0 fully saturated rings.